The van der Waals surface area contributed by atoms with Gasteiger partial charge in [0.2, 0.25) is 11.7 Å². The number of aromatic nitrogens is 3. The van der Waals surface area contributed by atoms with Gasteiger partial charge in [-0.15, -0.1) is 0 Å². The van der Waals surface area contributed by atoms with Crippen molar-refractivity contribution >= 4 is 5.78 Å². The van der Waals surface area contributed by atoms with Crippen LogP contribution in [0.3, 0.4) is 0 Å². The van der Waals surface area contributed by atoms with Crippen molar-refractivity contribution in [3.05, 3.63) is 44.0 Å². The summed E-state index contributed by atoms with van der Waals surface area (Å²) in [5, 5.41) is 28.8. The van der Waals surface area contributed by atoms with Crippen molar-refractivity contribution in [2.75, 3.05) is 6.61 Å². The summed E-state index contributed by atoms with van der Waals surface area (Å²) in [7, 11) is 0. The number of halogens is 1. The molecule has 2 aromatic heterocycles. The lowest BCUT2D eigenvalue weighted by atomic mass is 10.0. The minimum atomic E-state index is -1.48. The molecule has 0 spiro atoms. The van der Waals surface area contributed by atoms with Gasteiger partial charge in [0, 0.05) is 6.20 Å². The van der Waals surface area contributed by atoms with E-state index in [1.165, 1.54) is 6.92 Å². The zero-order valence-corrected chi connectivity index (χ0v) is 11.9. The molecule has 124 valence electrons. The molecule has 3 heterocycles. The van der Waals surface area contributed by atoms with Crippen molar-refractivity contribution in [2.45, 2.75) is 31.3 Å². The molecule has 4 N–H and O–H groups in total. The molecule has 3 rings (SSSR count). The van der Waals surface area contributed by atoms with Crippen molar-refractivity contribution in [1.29, 1.82) is 0 Å². The van der Waals surface area contributed by atoms with Crippen LogP contribution in [-0.2, 0) is 4.74 Å². The fourth-order valence-corrected chi connectivity index (χ4v) is 2.53. The number of aromatic amines is 1. The molecular weight excluding hydrogens is 313 g/mol. The number of hydrogen-bond donors (Lipinski definition) is 4. The van der Waals surface area contributed by atoms with Gasteiger partial charge in [0.1, 0.15) is 24.4 Å². The second kappa shape index (κ2) is 5.49. The van der Waals surface area contributed by atoms with Gasteiger partial charge in [-0.3, -0.25) is 19.0 Å². The van der Waals surface area contributed by atoms with E-state index in [-0.39, 0.29) is 16.9 Å². The first kappa shape index (κ1) is 15.7. The highest BCUT2D eigenvalue weighted by molar-refractivity contribution is 5.32. The van der Waals surface area contributed by atoms with Gasteiger partial charge in [0.25, 0.3) is 11.1 Å². The highest BCUT2D eigenvalue weighted by atomic mass is 19.1. The van der Waals surface area contributed by atoms with E-state index in [2.05, 4.69) is 9.97 Å². The first-order valence-corrected chi connectivity index (χ1v) is 6.79. The molecule has 1 unspecified atom stereocenters. The van der Waals surface area contributed by atoms with E-state index in [0.29, 0.717) is 0 Å². The van der Waals surface area contributed by atoms with Crippen LogP contribution < -0.4 is 11.1 Å². The number of nitrogens with zero attached hydrogens (tertiary/aromatic N) is 2. The van der Waals surface area contributed by atoms with Crippen LogP contribution in [0.1, 0.15) is 17.2 Å². The average molecular weight is 327 g/mol. The Morgan fingerprint density at radius 3 is 2.70 bits per heavy atom. The zero-order valence-electron chi connectivity index (χ0n) is 11.9. The lowest BCUT2D eigenvalue weighted by Gasteiger charge is -2.15. The third-order valence-corrected chi connectivity index (χ3v) is 3.89. The Labute approximate surface area is 127 Å². The van der Waals surface area contributed by atoms with Gasteiger partial charge in [0.15, 0.2) is 0 Å². The van der Waals surface area contributed by atoms with E-state index < -0.39 is 48.1 Å². The zero-order chi connectivity index (χ0) is 16.9. The van der Waals surface area contributed by atoms with E-state index in [0.717, 1.165) is 10.6 Å². The number of H-pyrrole nitrogens is 1. The second-order valence-electron chi connectivity index (χ2n) is 5.32. The summed E-state index contributed by atoms with van der Waals surface area (Å²) >= 11 is 0. The fraction of sp³-hybridized carbons (Fsp3) is 0.462. The molecule has 23 heavy (non-hydrogen) atoms. The number of aliphatic hydroxyl groups is 3. The molecule has 0 saturated carbocycles. The summed E-state index contributed by atoms with van der Waals surface area (Å²) in [5.74, 6) is -1.21. The standard InChI is InChI=1S/C13H14FN3O6/c1-4-10(14)17-2-5(12(22)16-13(17)15-11(4)21)9-8(20)7(19)6(3-18)23-9/h2,6-9,18-20H,3H2,1H3,(H,15,16,21,22)/t6-,7?,8+,9+/m1/s1. The molecule has 2 aromatic rings. The summed E-state index contributed by atoms with van der Waals surface area (Å²) in [6, 6.07) is 0. The Kier molecular flexibility index (Phi) is 3.76. The number of nitrogens with one attached hydrogen (secondary N) is 1. The van der Waals surface area contributed by atoms with Gasteiger partial charge in [-0.2, -0.15) is 9.37 Å². The molecule has 1 saturated heterocycles. The van der Waals surface area contributed by atoms with E-state index in [9.17, 15) is 24.2 Å². The second-order valence-corrected chi connectivity index (χ2v) is 5.32. The van der Waals surface area contributed by atoms with Crippen LogP contribution in [0, 0.1) is 12.9 Å². The number of fused-ring (bicyclic) bond motifs is 1. The van der Waals surface area contributed by atoms with E-state index in [4.69, 9.17) is 9.84 Å². The predicted molar refractivity (Wildman–Crippen MR) is 73.5 cm³/mol. The monoisotopic (exact) mass is 327 g/mol. The van der Waals surface area contributed by atoms with Crippen molar-refractivity contribution in [1.82, 2.24) is 14.4 Å². The highest BCUT2D eigenvalue weighted by Gasteiger charge is 2.44. The van der Waals surface area contributed by atoms with E-state index >= 15 is 0 Å². The molecule has 0 aliphatic carbocycles. The summed E-state index contributed by atoms with van der Waals surface area (Å²) in [6.07, 6.45) is -4.18. The molecule has 0 radical (unpaired) electrons. The molecule has 9 nitrogen and oxygen atoms in total. The third kappa shape index (κ3) is 2.36. The van der Waals surface area contributed by atoms with Gasteiger partial charge >= 0.3 is 0 Å². The Hall–Kier alpha value is -2.14. The van der Waals surface area contributed by atoms with Crippen LogP contribution in [0.25, 0.3) is 5.78 Å². The largest absolute Gasteiger partial charge is 0.394 e. The minimum Gasteiger partial charge on any atom is -0.394 e. The summed E-state index contributed by atoms with van der Waals surface area (Å²) in [6.45, 7) is 0.704. The van der Waals surface area contributed by atoms with Gasteiger partial charge < -0.3 is 20.1 Å². The van der Waals surface area contributed by atoms with Gasteiger partial charge in [-0.25, -0.2) is 0 Å². The molecule has 4 atom stereocenters. The Balaban J connectivity index is 2.18. The van der Waals surface area contributed by atoms with Gasteiger partial charge in [-0.05, 0) is 6.92 Å². The van der Waals surface area contributed by atoms with E-state index in [1.807, 2.05) is 0 Å². The average Bonchev–Trinajstić information content (AvgIpc) is 2.80. The summed E-state index contributed by atoms with van der Waals surface area (Å²) in [4.78, 5) is 29.4. The molecule has 10 heteroatoms. The smallest absolute Gasteiger partial charge is 0.280 e. The number of hydrogen-bond acceptors (Lipinski definition) is 7. The Morgan fingerprint density at radius 1 is 1.39 bits per heavy atom. The number of rotatable bonds is 2. The molecule has 1 aliphatic rings. The van der Waals surface area contributed by atoms with E-state index in [1.54, 1.807) is 0 Å². The molecule has 0 amide bonds. The Morgan fingerprint density at radius 2 is 2.09 bits per heavy atom. The fourth-order valence-electron chi connectivity index (χ4n) is 2.53. The maximum Gasteiger partial charge on any atom is 0.280 e. The van der Waals surface area contributed by atoms with Crippen LogP contribution in [-0.4, -0.2) is 54.6 Å². The highest BCUT2D eigenvalue weighted by Crippen LogP contribution is 2.31. The van der Waals surface area contributed by atoms with Crippen LogP contribution in [0.15, 0.2) is 15.8 Å². The van der Waals surface area contributed by atoms with Crippen LogP contribution in [0.5, 0.6) is 0 Å². The SMILES string of the molecule is Cc1c(F)n2cc([C@@H]3O[C@H](CO)C(O)[C@@H]3O)c(=O)nc2[nH]c1=O. The molecule has 1 aliphatic heterocycles. The molecule has 0 aromatic carbocycles. The maximum atomic E-state index is 14.2. The number of ether oxygens (including phenoxy) is 1. The first-order chi connectivity index (χ1) is 10.8. The molecule has 0 bridgehead atoms. The van der Waals surface area contributed by atoms with Gasteiger partial charge in [0.05, 0.1) is 17.7 Å². The first-order valence-electron chi connectivity index (χ1n) is 6.79. The molecular formula is C13H14FN3O6. The molecule has 1 fully saturated rings. The minimum absolute atomic E-state index is 0.199. The van der Waals surface area contributed by atoms with Crippen molar-refractivity contribution in [3.63, 3.8) is 0 Å². The third-order valence-electron chi connectivity index (χ3n) is 3.89. The Bertz CT molecular complexity index is 878. The topological polar surface area (TPSA) is 137 Å². The van der Waals surface area contributed by atoms with Crippen LogP contribution in [0.2, 0.25) is 0 Å². The number of aliphatic hydroxyl groups excluding tert-OH is 3. The van der Waals surface area contributed by atoms with Crippen LogP contribution >= 0.6 is 0 Å². The summed E-state index contributed by atoms with van der Waals surface area (Å²) in [5.41, 5.74) is -1.96. The van der Waals surface area contributed by atoms with Crippen molar-refractivity contribution in [3.8, 4) is 0 Å². The summed E-state index contributed by atoms with van der Waals surface area (Å²) < 4.78 is 20.3. The van der Waals surface area contributed by atoms with Crippen molar-refractivity contribution < 1.29 is 24.4 Å². The quantitative estimate of drug-likeness (QED) is 0.467. The van der Waals surface area contributed by atoms with Crippen LogP contribution in [0.4, 0.5) is 4.39 Å². The maximum absolute atomic E-state index is 14.2. The lowest BCUT2D eigenvalue weighted by Crippen LogP contribution is -2.33. The van der Waals surface area contributed by atoms with Gasteiger partial charge in [-0.1, -0.05) is 0 Å². The predicted octanol–water partition coefficient (Wildman–Crippen LogP) is -2.02. The van der Waals surface area contributed by atoms with Crippen molar-refractivity contribution in [2.24, 2.45) is 0 Å². The lowest BCUT2D eigenvalue weighted by molar-refractivity contribution is -0.0232. The normalized spacial score (nSPS) is 27.7.